The van der Waals surface area contributed by atoms with Gasteiger partial charge in [-0.15, -0.1) is 0 Å². The van der Waals surface area contributed by atoms with Gasteiger partial charge in [-0.2, -0.15) is 5.10 Å². The van der Waals surface area contributed by atoms with Crippen LogP contribution >= 0.6 is 0 Å². The maximum Gasteiger partial charge on any atom is 0.345 e. The van der Waals surface area contributed by atoms with Gasteiger partial charge in [0.25, 0.3) is 0 Å². The van der Waals surface area contributed by atoms with E-state index < -0.39 is 0 Å². The van der Waals surface area contributed by atoms with Crippen LogP contribution in [0.25, 0.3) is 0 Å². The molecule has 0 aromatic carbocycles. The average Bonchev–Trinajstić information content (AvgIpc) is 3.16. The molecule has 122 valence electrons. The Bertz CT molecular complexity index is 590. The lowest BCUT2D eigenvalue weighted by Crippen LogP contribution is -2.38. The smallest absolute Gasteiger partial charge is 0.343 e. The SMILES string of the molecule is CCC(=O)N1CCC(c2nn(C)c(=O)n2C2CCCC2)CC1. The summed E-state index contributed by atoms with van der Waals surface area (Å²) in [4.78, 5) is 26.2. The van der Waals surface area contributed by atoms with Gasteiger partial charge in [-0.25, -0.2) is 9.48 Å². The summed E-state index contributed by atoms with van der Waals surface area (Å²) in [7, 11) is 1.74. The van der Waals surface area contributed by atoms with Gasteiger partial charge in [0.2, 0.25) is 5.91 Å². The first-order chi connectivity index (χ1) is 10.6. The van der Waals surface area contributed by atoms with Crippen molar-refractivity contribution in [3.8, 4) is 0 Å². The Morgan fingerprint density at radius 1 is 1.18 bits per heavy atom. The molecular weight excluding hydrogens is 280 g/mol. The van der Waals surface area contributed by atoms with E-state index in [0.29, 0.717) is 18.4 Å². The van der Waals surface area contributed by atoms with Gasteiger partial charge >= 0.3 is 5.69 Å². The highest BCUT2D eigenvalue weighted by atomic mass is 16.2. The maximum absolute atomic E-state index is 12.4. The fraction of sp³-hybridized carbons (Fsp3) is 0.812. The second kappa shape index (κ2) is 6.26. The van der Waals surface area contributed by atoms with Gasteiger partial charge in [0.15, 0.2) is 0 Å². The monoisotopic (exact) mass is 306 g/mol. The van der Waals surface area contributed by atoms with E-state index in [9.17, 15) is 9.59 Å². The van der Waals surface area contributed by atoms with Crippen molar-refractivity contribution in [2.24, 2.45) is 7.05 Å². The zero-order valence-electron chi connectivity index (χ0n) is 13.6. The largest absolute Gasteiger partial charge is 0.345 e. The molecule has 1 aromatic heterocycles. The van der Waals surface area contributed by atoms with Crippen molar-refractivity contribution in [3.63, 3.8) is 0 Å². The normalized spacial score (nSPS) is 20.7. The van der Waals surface area contributed by atoms with Gasteiger partial charge in [0.1, 0.15) is 5.82 Å². The molecule has 3 rings (SSSR count). The van der Waals surface area contributed by atoms with Crippen molar-refractivity contribution < 1.29 is 4.79 Å². The lowest BCUT2D eigenvalue weighted by Gasteiger charge is -2.32. The Morgan fingerprint density at radius 2 is 1.82 bits per heavy atom. The first kappa shape index (κ1) is 15.3. The third-order valence-electron chi connectivity index (χ3n) is 5.19. The van der Waals surface area contributed by atoms with Crippen molar-refractivity contribution in [1.29, 1.82) is 0 Å². The minimum absolute atomic E-state index is 0.0222. The summed E-state index contributed by atoms with van der Waals surface area (Å²) in [6.07, 6.45) is 6.98. The van der Waals surface area contributed by atoms with Crippen LogP contribution in [0.4, 0.5) is 0 Å². The number of hydrogen-bond acceptors (Lipinski definition) is 3. The molecule has 2 fully saturated rings. The molecule has 2 heterocycles. The summed E-state index contributed by atoms with van der Waals surface area (Å²) in [5.41, 5.74) is 0.0222. The molecule has 6 heteroatoms. The van der Waals surface area contributed by atoms with E-state index in [1.807, 2.05) is 16.4 Å². The van der Waals surface area contributed by atoms with E-state index in [1.54, 1.807) is 7.05 Å². The van der Waals surface area contributed by atoms with Gasteiger partial charge in [-0.1, -0.05) is 19.8 Å². The summed E-state index contributed by atoms with van der Waals surface area (Å²) in [6, 6.07) is 0.325. The van der Waals surface area contributed by atoms with Crippen LogP contribution in [0.2, 0.25) is 0 Å². The standard InChI is InChI=1S/C16H26N4O2/c1-3-14(21)19-10-8-12(9-11-19)15-17-18(2)16(22)20(15)13-6-4-5-7-13/h12-13H,3-11H2,1-2H3. The number of likely N-dealkylation sites (tertiary alicyclic amines) is 1. The van der Waals surface area contributed by atoms with Crippen LogP contribution in [-0.4, -0.2) is 38.2 Å². The molecule has 0 spiro atoms. The van der Waals surface area contributed by atoms with E-state index in [4.69, 9.17) is 0 Å². The molecule has 1 amide bonds. The molecular formula is C16H26N4O2. The second-order valence-corrected chi connectivity index (χ2v) is 6.58. The molecule has 6 nitrogen and oxygen atoms in total. The first-order valence-corrected chi connectivity index (χ1v) is 8.55. The van der Waals surface area contributed by atoms with Gasteiger partial charge in [0, 0.05) is 38.5 Å². The van der Waals surface area contributed by atoms with E-state index >= 15 is 0 Å². The number of hydrogen-bond donors (Lipinski definition) is 0. The highest BCUT2D eigenvalue weighted by Crippen LogP contribution is 2.33. The molecule has 0 bridgehead atoms. The summed E-state index contributed by atoms with van der Waals surface area (Å²) < 4.78 is 3.44. The Morgan fingerprint density at radius 3 is 2.41 bits per heavy atom. The summed E-state index contributed by atoms with van der Waals surface area (Å²) in [5, 5.41) is 4.53. The van der Waals surface area contributed by atoms with Crippen LogP contribution in [0.15, 0.2) is 4.79 Å². The van der Waals surface area contributed by atoms with E-state index in [0.717, 1.165) is 44.6 Å². The fourth-order valence-electron chi connectivity index (χ4n) is 3.89. The third-order valence-corrected chi connectivity index (χ3v) is 5.19. The third kappa shape index (κ3) is 2.71. The molecule has 1 aliphatic heterocycles. The van der Waals surface area contributed by atoms with Gasteiger partial charge in [0.05, 0.1) is 0 Å². The lowest BCUT2D eigenvalue weighted by molar-refractivity contribution is -0.131. The van der Waals surface area contributed by atoms with Crippen molar-refractivity contribution >= 4 is 5.91 Å². The lowest BCUT2D eigenvalue weighted by atomic mass is 9.95. The molecule has 0 unspecified atom stereocenters. The zero-order chi connectivity index (χ0) is 15.7. The number of aryl methyl sites for hydroxylation is 1. The van der Waals surface area contributed by atoms with Gasteiger partial charge < -0.3 is 4.90 Å². The van der Waals surface area contributed by atoms with Crippen LogP contribution < -0.4 is 5.69 Å². The second-order valence-electron chi connectivity index (χ2n) is 6.58. The van der Waals surface area contributed by atoms with E-state index in [2.05, 4.69) is 5.10 Å². The van der Waals surface area contributed by atoms with Crippen LogP contribution in [0.1, 0.15) is 69.7 Å². The minimum atomic E-state index is 0.0222. The quantitative estimate of drug-likeness (QED) is 0.855. The zero-order valence-corrected chi connectivity index (χ0v) is 13.6. The molecule has 1 saturated carbocycles. The van der Waals surface area contributed by atoms with Gasteiger partial charge in [-0.3, -0.25) is 9.36 Å². The predicted molar refractivity (Wildman–Crippen MR) is 83.8 cm³/mol. The minimum Gasteiger partial charge on any atom is -0.343 e. The molecule has 0 radical (unpaired) electrons. The number of amides is 1. The van der Waals surface area contributed by atoms with Crippen LogP contribution in [0.3, 0.4) is 0 Å². The number of nitrogens with zero attached hydrogens (tertiary/aromatic N) is 4. The number of carbonyl (C=O) groups excluding carboxylic acids is 1. The van der Waals surface area contributed by atoms with Gasteiger partial charge in [-0.05, 0) is 25.7 Å². The predicted octanol–water partition coefficient (Wildman–Crippen LogP) is 1.81. The first-order valence-electron chi connectivity index (χ1n) is 8.55. The molecule has 0 N–H and O–H groups in total. The van der Waals surface area contributed by atoms with Crippen molar-refractivity contribution in [3.05, 3.63) is 16.3 Å². The Balaban J connectivity index is 1.79. The summed E-state index contributed by atoms with van der Waals surface area (Å²) >= 11 is 0. The fourth-order valence-corrected chi connectivity index (χ4v) is 3.89. The Labute approximate surface area is 131 Å². The topological polar surface area (TPSA) is 60.1 Å². The Hall–Kier alpha value is -1.59. The summed E-state index contributed by atoms with van der Waals surface area (Å²) in [5.74, 6) is 1.48. The molecule has 2 aliphatic rings. The molecule has 1 aromatic rings. The maximum atomic E-state index is 12.4. The van der Waals surface area contributed by atoms with Crippen molar-refractivity contribution in [2.45, 2.75) is 63.8 Å². The molecule has 22 heavy (non-hydrogen) atoms. The molecule has 1 saturated heterocycles. The average molecular weight is 306 g/mol. The number of aromatic nitrogens is 3. The highest BCUT2D eigenvalue weighted by molar-refractivity contribution is 5.75. The van der Waals surface area contributed by atoms with Crippen molar-refractivity contribution in [1.82, 2.24) is 19.2 Å². The highest BCUT2D eigenvalue weighted by Gasteiger charge is 2.30. The van der Waals surface area contributed by atoms with Crippen LogP contribution in [0, 0.1) is 0 Å². The molecule has 1 aliphatic carbocycles. The van der Waals surface area contributed by atoms with E-state index in [1.165, 1.54) is 17.5 Å². The number of rotatable bonds is 3. The van der Waals surface area contributed by atoms with Crippen LogP contribution in [0.5, 0.6) is 0 Å². The van der Waals surface area contributed by atoms with Crippen LogP contribution in [-0.2, 0) is 11.8 Å². The Kier molecular flexibility index (Phi) is 4.36. The number of carbonyl (C=O) groups is 1. The molecule has 0 atom stereocenters. The van der Waals surface area contributed by atoms with E-state index in [-0.39, 0.29) is 11.6 Å². The number of piperidine rings is 1. The van der Waals surface area contributed by atoms with Crippen molar-refractivity contribution in [2.75, 3.05) is 13.1 Å². The summed E-state index contributed by atoms with van der Waals surface area (Å²) in [6.45, 7) is 3.48.